The summed E-state index contributed by atoms with van der Waals surface area (Å²) >= 11 is 0. The number of hydrogen-bond donors (Lipinski definition) is 1. The fourth-order valence-electron chi connectivity index (χ4n) is 2.74. The van der Waals surface area contributed by atoms with E-state index in [0.717, 1.165) is 13.0 Å². The van der Waals surface area contributed by atoms with E-state index in [1.54, 1.807) is 0 Å². The number of fused-ring (bicyclic) bond motifs is 1. The van der Waals surface area contributed by atoms with E-state index >= 15 is 0 Å². The zero-order valence-corrected chi connectivity index (χ0v) is 12.6. The van der Waals surface area contributed by atoms with E-state index in [2.05, 4.69) is 65.9 Å². The van der Waals surface area contributed by atoms with Crippen molar-refractivity contribution in [3.05, 3.63) is 66.0 Å². The summed E-state index contributed by atoms with van der Waals surface area (Å²) in [7, 11) is 2.00. The van der Waals surface area contributed by atoms with Crippen molar-refractivity contribution < 1.29 is 0 Å². The SMILES string of the molecule is CCCNC(c1ccc2ccccc2c1)c1ccnn1C. The highest BCUT2D eigenvalue weighted by molar-refractivity contribution is 5.83. The van der Waals surface area contributed by atoms with Crippen molar-refractivity contribution in [3.8, 4) is 0 Å². The molecule has 3 rings (SSSR count). The maximum absolute atomic E-state index is 4.31. The highest BCUT2D eigenvalue weighted by Crippen LogP contribution is 2.25. The number of rotatable bonds is 5. The van der Waals surface area contributed by atoms with E-state index < -0.39 is 0 Å². The van der Waals surface area contributed by atoms with Crippen molar-refractivity contribution in [2.24, 2.45) is 7.05 Å². The molecule has 0 aliphatic carbocycles. The van der Waals surface area contributed by atoms with Gasteiger partial charge in [-0.2, -0.15) is 5.10 Å². The van der Waals surface area contributed by atoms with Gasteiger partial charge in [0, 0.05) is 13.2 Å². The van der Waals surface area contributed by atoms with Gasteiger partial charge in [0.15, 0.2) is 0 Å². The van der Waals surface area contributed by atoms with Crippen molar-refractivity contribution in [2.75, 3.05) is 6.54 Å². The van der Waals surface area contributed by atoms with Gasteiger partial charge in [0.05, 0.1) is 11.7 Å². The Kier molecular flexibility index (Phi) is 4.02. The van der Waals surface area contributed by atoms with Crippen molar-refractivity contribution in [2.45, 2.75) is 19.4 Å². The van der Waals surface area contributed by atoms with E-state index in [1.165, 1.54) is 22.0 Å². The molecule has 1 atom stereocenters. The first-order valence-electron chi connectivity index (χ1n) is 7.49. The molecule has 3 aromatic rings. The van der Waals surface area contributed by atoms with Gasteiger partial charge in [0.25, 0.3) is 0 Å². The average Bonchev–Trinajstić information content (AvgIpc) is 2.94. The number of aryl methyl sites for hydroxylation is 1. The summed E-state index contributed by atoms with van der Waals surface area (Å²) in [6.07, 6.45) is 2.97. The van der Waals surface area contributed by atoms with Crippen LogP contribution in [0.4, 0.5) is 0 Å². The summed E-state index contributed by atoms with van der Waals surface area (Å²) in [5.74, 6) is 0. The third-order valence-electron chi connectivity index (χ3n) is 3.86. The fourth-order valence-corrected chi connectivity index (χ4v) is 2.74. The minimum Gasteiger partial charge on any atom is -0.305 e. The molecule has 0 saturated carbocycles. The van der Waals surface area contributed by atoms with E-state index in [9.17, 15) is 0 Å². The first-order chi connectivity index (χ1) is 10.3. The van der Waals surface area contributed by atoms with Crippen LogP contribution >= 0.6 is 0 Å². The Balaban J connectivity index is 2.03. The number of nitrogens with one attached hydrogen (secondary N) is 1. The fraction of sp³-hybridized carbons (Fsp3) is 0.278. The Morgan fingerprint density at radius 1 is 1.10 bits per heavy atom. The quantitative estimate of drug-likeness (QED) is 0.772. The van der Waals surface area contributed by atoms with Crippen LogP contribution in [0.5, 0.6) is 0 Å². The molecule has 0 amide bonds. The number of aromatic nitrogens is 2. The highest BCUT2D eigenvalue weighted by atomic mass is 15.3. The molecule has 0 radical (unpaired) electrons. The molecule has 3 nitrogen and oxygen atoms in total. The number of nitrogens with zero attached hydrogens (tertiary/aromatic N) is 2. The van der Waals surface area contributed by atoms with Crippen molar-refractivity contribution >= 4 is 10.8 Å². The van der Waals surface area contributed by atoms with Crippen LogP contribution in [0.1, 0.15) is 30.6 Å². The molecule has 1 unspecified atom stereocenters. The molecular formula is C18H21N3. The smallest absolute Gasteiger partial charge is 0.0748 e. The molecule has 0 spiro atoms. The Hall–Kier alpha value is -2.13. The van der Waals surface area contributed by atoms with E-state index in [4.69, 9.17) is 0 Å². The standard InChI is InChI=1S/C18H21N3/c1-3-11-19-18(17-10-12-20-21(17)2)16-9-8-14-6-4-5-7-15(14)13-16/h4-10,12-13,18-19H,3,11H2,1-2H3. The van der Waals surface area contributed by atoms with Gasteiger partial charge < -0.3 is 5.32 Å². The maximum atomic E-state index is 4.31. The lowest BCUT2D eigenvalue weighted by Gasteiger charge is -2.20. The van der Waals surface area contributed by atoms with E-state index in [1.807, 2.05) is 17.9 Å². The summed E-state index contributed by atoms with van der Waals surface area (Å²) in [6.45, 7) is 3.18. The summed E-state index contributed by atoms with van der Waals surface area (Å²) < 4.78 is 1.95. The monoisotopic (exact) mass is 279 g/mol. The van der Waals surface area contributed by atoms with Crippen LogP contribution in [-0.4, -0.2) is 16.3 Å². The van der Waals surface area contributed by atoms with Crippen LogP contribution in [0, 0.1) is 0 Å². The Morgan fingerprint density at radius 2 is 1.90 bits per heavy atom. The van der Waals surface area contributed by atoms with Gasteiger partial charge in [0.1, 0.15) is 0 Å². The van der Waals surface area contributed by atoms with Crippen molar-refractivity contribution in [3.63, 3.8) is 0 Å². The van der Waals surface area contributed by atoms with Gasteiger partial charge in [-0.1, -0.05) is 43.3 Å². The van der Waals surface area contributed by atoms with Gasteiger partial charge in [-0.15, -0.1) is 0 Å². The minimum absolute atomic E-state index is 0.182. The predicted molar refractivity (Wildman–Crippen MR) is 87.3 cm³/mol. The van der Waals surface area contributed by atoms with E-state index in [0.29, 0.717) is 0 Å². The third kappa shape index (κ3) is 2.83. The molecule has 1 N–H and O–H groups in total. The molecule has 0 saturated heterocycles. The van der Waals surface area contributed by atoms with Gasteiger partial charge in [-0.3, -0.25) is 4.68 Å². The first kappa shape index (κ1) is 13.8. The lowest BCUT2D eigenvalue weighted by atomic mass is 9.99. The molecule has 0 fully saturated rings. The Labute approximate surface area is 125 Å². The second-order valence-electron chi connectivity index (χ2n) is 5.37. The summed E-state index contributed by atoms with van der Waals surface area (Å²) in [5.41, 5.74) is 2.48. The lowest BCUT2D eigenvalue weighted by molar-refractivity contribution is 0.554. The Bertz CT molecular complexity index is 730. The molecule has 2 aromatic carbocycles. The van der Waals surface area contributed by atoms with Gasteiger partial charge in [-0.05, 0) is 41.4 Å². The van der Waals surface area contributed by atoms with Crippen LogP contribution in [0.25, 0.3) is 10.8 Å². The van der Waals surface area contributed by atoms with Crippen LogP contribution in [-0.2, 0) is 7.05 Å². The lowest BCUT2D eigenvalue weighted by Crippen LogP contribution is -2.25. The van der Waals surface area contributed by atoms with Crippen molar-refractivity contribution in [1.29, 1.82) is 0 Å². The maximum Gasteiger partial charge on any atom is 0.0748 e. The first-order valence-corrected chi connectivity index (χ1v) is 7.49. The summed E-state index contributed by atoms with van der Waals surface area (Å²) in [5, 5.41) is 10.5. The van der Waals surface area contributed by atoms with Crippen LogP contribution in [0.3, 0.4) is 0 Å². The molecular weight excluding hydrogens is 258 g/mol. The summed E-state index contributed by atoms with van der Waals surface area (Å²) in [6, 6.07) is 17.4. The number of benzene rings is 2. The number of hydrogen-bond acceptors (Lipinski definition) is 2. The van der Waals surface area contributed by atoms with Crippen LogP contribution < -0.4 is 5.32 Å². The van der Waals surface area contributed by atoms with Gasteiger partial charge in [0.2, 0.25) is 0 Å². The zero-order chi connectivity index (χ0) is 14.7. The molecule has 0 bridgehead atoms. The zero-order valence-electron chi connectivity index (χ0n) is 12.6. The predicted octanol–water partition coefficient (Wildman–Crippen LogP) is 3.66. The Morgan fingerprint density at radius 3 is 2.62 bits per heavy atom. The van der Waals surface area contributed by atoms with Gasteiger partial charge in [-0.25, -0.2) is 0 Å². The molecule has 3 heteroatoms. The highest BCUT2D eigenvalue weighted by Gasteiger charge is 2.16. The molecule has 1 aromatic heterocycles. The summed E-state index contributed by atoms with van der Waals surface area (Å²) in [4.78, 5) is 0. The topological polar surface area (TPSA) is 29.9 Å². The molecule has 21 heavy (non-hydrogen) atoms. The average molecular weight is 279 g/mol. The molecule has 108 valence electrons. The van der Waals surface area contributed by atoms with Crippen LogP contribution in [0.15, 0.2) is 54.7 Å². The van der Waals surface area contributed by atoms with Gasteiger partial charge >= 0.3 is 0 Å². The largest absolute Gasteiger partial charge is 0.305 e. The normalized spacial score (nSPS) is 12.7. The van der Waals surface area contributed by atoms with Crippen LogP contribution in [0.2, 0.25) is 0 Å². The van der Waals surface area contributed by atoms with E-state index in [-0.39, 0.29) is 6.04 Å². The molecule has 0 aliphatic heterocycles. The van der Waals surface area contributed by atoms with Crippen molar-refractivity contribution in [1.82, 2.24) is 15.1 Å². The third-order valence-corrected chi connectivity index (χ3v) is 3.86. The second-order valence-corrected chi connectivity index (χ2v) is 5.37. The second kappa shape index (κ2) is 6.10. The molecule has 1 heterocycles. The minimum atomic E-state index is 0.182. The molecule has 0 aliphatic rings.